The Morgan fingerprint density at radius 3 is 2.39 bits per heavy atom. The molecule has 11 heteroatoms. The lowest BCUT2D eigenvalue weighted by molar-refractivity contribution is -0.120. The van der Waals surface area contributed by atoms with Crippen molar-refractivity contribution >= 4 is 35.1 Å². The molecule has 2 aromatic rings. The maximum Gasteiger partial charge on any atom is 0.318 e. The number of carbonyl (C=O) groups excluding carboxylic acids is 4. The molecule has 3 heterocycles. The monoisotopic (exact) mass is 561 g/mol. The molecule has 0 bridgehead atoms. The smallest absolute Gasteiger partial charge is 0.318 e. The molecule has 4 aliphatic rings. The highest BCUT2D eigenvalue weighted by Gasteiger charge is 2.48. The maximum atomic E-state index is 13.9. The van der Waals surface area contributed by atoms with Gasteiger partial charge in [-0.2, -0.15) is 5.10 Å². The number of hydrogen-bond acceptors (Lipinski definition) is 5. The second-order valence-electron chi connectivity index (χ2n) is 12.4. The Morgan fingerprint density at radius 2 is 1.78 bits per heavy atom. The predicted octanol–water partition coefficient (Wildman–Crippen LogP) is 3.46. The highest BCUT2D eigenvalue weighted by Crippen LogP contribution is 2.51. The third-order valence-electron chi connectivity index (χ3n) is 8.92. The van der Waals surface area contributed by atoms with Crippen LogP contribution >= 0.6 is 0 Å². The van der Waals surface area contributed by atoms with E-state index in [4.69, 9.17) is 0 Å². The zero-order valence-corrected chi connectivity index (χ0v) is 24.1. The average Bonchev–Trinajstić information content (AvgIpc) is 3.86. The molecule has 5 amide bonds. The summed E-state index contributed by atoms with van der Waals surface area (Å²) >= 11 is 0. The van der Waals surface area contributed by atoms with E-state index < -0.39 is 6.04 Å². The van der Waals surface area contributed by atoms with E-state index >= 15 is 0 Å². The fourth-order valence-electron chi connectivity index (χ4n) is 6.57. The number of nitrogens with one attached hydrogen (secondary N) is 3. The fourth-order valence-corrected chi connectivity index (χ4v) is 6.57. The van der Waals surface area contributed by atoms with Crippen molar-refractivity contribution in [3.8, 4) is 0 Å². The molecule has 3 fully saturated rings. The normalized spacial score (nSPS) is 23.1. The second-order valence-corrected chi connectivity index (χ2v) is 12.4. The first kappa shape index (κ1) is 27.3. The fraction of sp³-hybridized carbons (Fsp3) is 0.567. The Balaban J connectivity index is 1.26. The third kappa shape index (κ3) is 5.29. The van der Waals surface area contributed by atoms with Crippen molar-refractivity contribution in [3.05, 3.63) is 41.7 Å². The molecule has 2 aliphatic heterocycles. The number of urea groups is 1. The molecule has 218 valence electrons. The summed E-state index contributed by atoms with van der Waals surface area (Å²) in [6.07, 6.45) is 6.09. The summed E-state index contributed by atoms with van der Waals surface area (Å²) in [5.74, 6) is 0.279. The summed E-state index contributed by atoms with van der Waals surface area (Å²) in [4.78, 5) is 56.2. The van der Waals surface area contributed by atoms with E-state index in [1.165, 1.54) is 0 Å². The summed E-state index contributed by atoms with van der Waals surface area (Å²) in [6.45, 7) is 6.39. The molecule has 3 N–H and O–H groups in total. The Hall–Kier alpha value is -3.89. The molecule has 0 radical (unpaired) electrons. The molecule has 1 aromatic heterocycles. The lowest BCUT2D eigenvalue weighted by Crippen LogP contribution is -2.50. The number of amides is 5. The van der Waals surface area contributed by atoms with E-state index in [0.29, 0.717) is 35.4 Å². The summed E-state index contributed by atoms with van der Waals surface area (Å²) in [5.41, 5.74) is 2.52. The van der Waals surface area contributed by atoms with Gasteiger partial charge in [-0.3, -0.25) is 19.1 Å². The molecule has 0 spiro atoms. The molecule has 2 saturated carbocycles. The molecule has 11 nitrogen and oxygen atoms in total. The van der Waals surface area contributed by atoms with Gasteiger partial charge in [-0.1, -0.05) is 6.07 Å². The topological polar surface area (TPSA) is 129 Å². The highest BCUT2D eigenvalue weighted by molar-refractivity contribution is 6.02. The van der Waals surface area contributed by atoms with E-state index in [9.17, 15) is 19.2 Å². The van der Waals surface area contributed by atoms with E-state index in [2.05, 4.69) is 21.0 Å². The quantitative estimate of drug-likeness (QED) is 0.432. The molecule has 1 unspecified atom stereocenters. The number of aromatic nitrogens is 2. The zero-order valence-electron chi connectivity index (χ0n) is 24.1. The number of carbonyl (C=O) groups is 4. The van der Waals surface area contributed by atoms with Gasteiger partial charge in [0.05, 0.1) is 18.2 Å². The molecule has 3 atom stereocenters. The Kier molecular flexibility index (Phi) is 6.99. The maximum absolute atomic E-state index is 13.9. The van der Waals surface area contributed by atoms with Gasteiger partial charge in [-0.15, -0.1) is 0 Å². The number of rotatable bonds is 9. The lowest BCUT2D eigenvalue weighted by Gasteiger charge is -2.36. The summed E-state index contributed by atoms with van der Waals surface area (Å²) in [5, 5.41) is 13.3. The van der Waals surface area contributed by atoms with Gasteiger partial charge in [0.25, 0.3) is 5.91 Å². The second kappa shape index (κ2) is 10.5. The van der Waals surface area contributed by atoms with Crippen molar-refractivity contribution < 1.29 is 19.2 Å². The van der Waals surface area contributed by atoms with E-state index in [0.717, 1.165) is 31.2 Å². The van der Waals surface area contributed by atoms with Gasteiger partial charge in [0, 0.05) is 37.6 Å². The molecule has 2 aliphatic carbocycles. The first-order valence-electron chi connectivity index (χ1n) is 14.7. The summed E-state index contributed by atoms with van der Waals surface area (Å²) in [7, 11) is 1.72. The standard InChI is InChI=1S/C30H39N7O4/c1-16(2)37-22(11-12-31-37)28(39)34-27(26(18-5-6-18)19-7-8-19)29(40)33-20-9-10-21-23(13-20)35(4)25(38)14-24(21)36-15-17(3)32-30(36)41/h9-13,16-19,24,26-27H,5-8,14-15H2,1-4H3,(H,32,41)(H,33,40)(H,34,39)/t17-,24?,27+/m1/s1. The van der Waals surface area contributed by atoms with E-state index in [1.54, 1.807) is 39.9 Å². The van der Waals surface area contributed by atoms with Gasteiger partial charge in [-0.05, 0) is 88.0 Å². The van der Waals surface area contributed by atoms with Crippen LogP contribution in [0.1, 0.15) is 81.0 Å². The van der Waals surface area contributed by atoms with E-state index in [1.807, 2.05) is 32.9 Å². The average molecular weight is 562 g/mol. The van der Waals surface area contributed by atoms with Crippen molar-refractivity contribution in [1.82, 2.24) is 25.3 Å². The minimum atomic E-state index is -0.684. The minimum absolute atomic E-state index is 0.00885. The van der Waals surface area contributed by atoms with E-state index in [-0.39, 0.29) is 54.2 Å². The van der Waals surface area contributed by atoms with Crippen molar-refractivity contribution in [2.45, 2.75) is 77.0 Å². The summed E-state index contributed by atoms with van der Waals surface area (Å²) < 4.78 is 1.67. The zero-order chi connectivity index (χ0) is 29.0. The minimum Gasteiger partial charge on any atom is -0.339 e. The van der Waals surface area contributed by atoms with Gasteiger partial charge in [0.2, 0.25) is 11.8 Å². The highest BCUT2D eigenvalue weighted by atomic mass is 16.2. The molecule has 1 saturated heterocycles. The number of fused-ring (bicyclic) bond motifs is 1. The van der Waals surface area contributed by atoms with Gasteiger partial charge < -0.3 is 25.8 Å². The van der Waals surface area contributed by atoms with Crippen molar-refractivity contribution in [3.63, 3.8) is 0 Å². The summed E-state index contributed by atoms with van der Waals surface area (Å²) in [6, 6.07) is 5.99. The lowest BCUT2D eigenvalue weighted by atomic mass is 9.88. The first-order chi connectivity index (χ1) is 19.6. The largest absolute Gasteiger partial charge is 0.339 e. The van der Waals surface area contributed by atoms with Crippen LogP contribution < -0.4 is 20.9 Å². The molecule has 6 rings (SSSR count). The van der Waals surface area contributed by atoms with Crippen molar-refractivity contribution in [2.75, 3.05) is 23.8 Å². The Morgan fingerprint density at radius 1 is 1.07 bits per heavy atom. The van der Waals surface area contributed by atoms with Gasteiger partial charge in [0.1, 0.15) is 11.7 Å². The van der Waals surface area contributed by atoms with Crippen LogP contribution in [-0.4, -0.2) is 64.1 Å². The Bertz CT molecular complexity index is 1370. The van der Waals surface area contributed by atoms with Crippen LogP contribution in [-0.2, 0) is 9.59 Å². The van der Waals surface area contributed by atoms with Gasteiger partial charge in [0.15, 0.2) is 0 Å². The van der Waals surface area contributed by atoms with Crippen LogP contribution in [0.3, 0.4) is 0 Å². The number of anilines is 2. The van der Waals surface area contributed by atoms with Crippen LogP contribution in [0.25, 0.3) is 0 Å². The molecule has 1 aromatic carbocycles. The van der Waals surface area contributed by atoms with Crippen LogP contribution in [0.5, 0.6) is 0 Å². The van der Waals surface area contributed by atoms with Crippen LogP contribution in [0.2, 0.25) is 0 Å². The number of nitrogens with zero attached hydrogens (tertiary/aromatic N) is 4. The van der Waals surface area contributed by atoms with Crippen LogP contribution in [0.4, 0.5) is 16.2 Å². The van der Waals surface area contributed by atoms with Crippen LogP contribution in [0.15, 0.2) is 30.5 Å². The SMILES string of the molecule is CC(C)n1nccc1C(=O)N[C@H](C(=O)Nc1ccc2c(c1)N(C)C(=O)CC2N1C[C@@H](C)NC1=O)C(C1CC1)C1CC1. The van der Waals surface area contributed by atoms with Gasteiger partial charge in [-0.25, -0.2) is 4.79 Å². The number of benzene rings is 1. The first-order valence-corrected chi connectivity index (χ1v) is 14.7. The van der Waals surface area contributed by atoms with Crippen molar-refractivity contribution in [1.29, 1.82) is 0 Å². The molecule has 41 heavy (non-hydrogen) atoms. The van der Waals surface area contributed by atoms with Crippen molar-refractivity contribution in [2.24, 2.45) is 17.8 Å². The predicted molar refractivity (Wildman–Crippen MR) is 153 cm³/mol. The Labute approximate surface area is 240 Å². The molecular weight excluding hydrogens is 522 g/mol. The number of hydrogen-bond donors (Lipinski definition) is 3. The van der Waals surface area contributed by atoms with Crippen LogP contribution in [0, 0.1) is 17.8 Å². The third-order valence-corrected chi connectivity index (χ3v) is 8.92. The van der Waals surface area contributed by atoms with Gasteiger partial charge >= 0.3 is 6.03 Å². The molecular formula is C30H39N7O4.